The van der Waals surface area contributed by atoms with Gasteiger partial charge in [-0.25, -0.2) is 13.1 Å². The molecule has 82 valence electrons. The standard InChI is InChI=1S/C9H18N2O2S/c1-2-7-5-8(6-10-7)11-14(12,13)9-3-4-9/h7-11H,2-6H2,1H3. The normalized spacial score (nSPS) is 33.5. The topological polar surface area (TPSA) is 58.2 Å². The van der Waals surface area contributed by atoms with Crippen molar-refractivity contribution in [1.29, 1.82) is 0 Å². The first-order valence-corrected chi connectivity index (χ1v) is 6.91. The maximum Gasteiger partial charge on any atom is 0.214 e. The van der Waals surface area contributed by atoms with Crippen molar-refractivity contribution in [2.45, 2.75) is 49.9 Å². The molecule has 0 aromatic rings. The van der Waals surface area contributed by atoms with Gasteiger partial charge >= 0.3 is 0 Å². The molecule has 2 unspecified atom stereocenters. The smallest absolute Gasteiger partial charge is 0.214 e. The van der Waals surface area contributed by atoms with Gasteiger partial charge in [0.15, 0.2) is 0 Å². The molecule has 2 fully saturated rings. The number of nitrogens with one attached hydrogen (secondary N) is 2. The first kappa shape index (κ1) is 10.4. The minimum atomic E-state index is -2.99. The Hall–Kier alpha value is -0.130. The van der Waals surface area contributed by atoms with Crippen LogP contribution in [0, 0.1) is 0 Å². The number of hydrogen-bond acceptors (Lipinski definition) is 3. The van der Waals surface area contributed by atoms with Crippen LogP contribution in [0.3, 0.4) is 0 Å². The van der Waals surface area contributed by atoms with Crippen LogP contribution >= 0.6 is 0 Å². The molecule has 2 N–H and O–H groups in total. The largest absolute Gasteiger partial charge is 0.312 e. The summed E-state index contributed by atoms with van der Waals surface area (Å²) in [6.07, 6.45) is 3.68. The molecule has 2 aliphatic rings. The monoisotopic (exact) mass is 218 g/mol. The van der Waals surface area contributed by atoms with Crippen molar-refractivity contribution in [2.75, 3.05) is 6.54 Å². The molecule has 5 heteroatoms. The highest BCUT2D eigenvalue weighted by atomic mass is 32.2. The van der Waals surface area contributed by atoms with E-state index in [9.17, 15) is 8.42 Å². The van der Waals surface area contributed by atoms with Gasteiger partial charge in [-0.15, -0.1) is 0 Å². The zero-order valence-electron chi connectivity index (χ0n) is 8.49. The van der Waals surface area contributed by atoms with E-state index in [1.165, 1.54) is 0 Å². The van der Waals surface area contributed by atoms with Gasteiger partial charge in [-0.1, -0.05) is 6.92 Å². The van der Waals surface area contributed by atoms with Crippen LogP contribution in [0.1, 0.15) is 32.6 Å². The summed E-state index contributed by atoms with van der Waals surface area (Å²) < 4.78 is 26.0. The second kappa shape index (κ2) is 3.79. The van der Waals surface area contributed by atoms with Crippen molar-refractivity contribution >= 4 is 10.0 Å². The average Bonchev–Trinajstić information content (AvgIpc) is 2.89. The van der Waals surface area contributed by atoms with Gasteiger partial charge in [0.2, 0.25) is 10.0 Å². The van der Waals surface area contributed by atoms with Crippen molar-refractivity contribution < 1.29 is 8.42 Å². The van der Waals surface area contributed by atoms with Gasteiger partial charge in [0, 0.05) is 18.6 Å². The Kier molecular flexibility index (Phi) is 2.81. The fourth-order valence-electron chi connectivity index (χ4n) is 1.93. The summed E-state index contributed by atoms with van der Waals surface area (Å²) in [5.41, 5.74) is 0. The Bertz CT molecular complexity index is 298. The highest BCUT2D eigenvalue weighted by Gasteiger charge is 2.38. The van der Waals surface area contributed by atoms with E-state index in [0.717, 1.165) is 32.2 Å². The Morgan fingerprint density at radius 3 is 2.64 bits per heavy atom. The highest BCUT2D eigenvalue weighted by Crippen LogP contribution is 2.28. The number of sulfonamides is 1. The van der Waals surface area contributed by atoms with Crippen molar-refractivity contribution in [1.82, 2.24) is 10.0 Å². The van der Waals surface area contributed by atoms with Crippen LogP contribution in [0.4, 0.5) is 0 Å². The van der Waals surface area contributed by atoms with E-state index in [2.05, 4.69) is 17.0 Å². The summed E-state index contributed by atoms with van der Waals surface area (Å²) in [7, 11) is -2.99. The molecule has 1 heterocycles. The molecule has 0 aromatic carbocycles. The predicted molar refractivity (Wildman–Crippen MR) is 55.6 cm³/mol. The molecule has 2 atom stereocenters. The molecule has 4 nitrogen and oxygen atoms in total. The molecular formula is C9H18N2O2S. The van der Waals surface area contributed by atoms with E-state index in [1.807, 2.05) is 0 Å². The van der Waals surface area contributed by atoms with E-state index in [4.69, 9.17) is 0 Å². The molecule has 0 bridgehead atoms. The van der Waals surface area contributed by atoms with Crippen LogP contribution in [-0.2, 0) is 10.0 Å². The van der Waals surface area contributed by atoms with Crippen molar-refractivity contribution in [3.63, 3.8) is 0 Å². The number of hydrogen-bond donors (Lipinski definition) is 2. The third-order valence-corrected chi connectivity index (χ3v) is 5.02. The summed E-state index contributed by atoms with van der Waals surface area (Å²) in [5.74, 6) is 0. The molecule has 1 saturated carbocycles. The van der Waals surface area contributed by atoms with Gasteiger partial charge in [-0.3, -0.25) is 0 Å². The molecule has 0 spiro atoms. The van der Waals surface area contributed by atoms with Crippen LogP contribution in [0.5, 0.6) is 0 Å². The van der Waals surface area contributed by atoms with Gasteiger partial charge in [0.05, 0.1) is 5.25 Å². The summed E-state index contributed by atoms with van der Waals surface area (Å²) in [4.78, 5) is 0. The van der Waals surface area contributed by atoms with Crippen molar-refractivity contribution in [3.8, 4) is 0 Å². The molecule has 14 heavy (non-hydrogen) atoms. The molecule has 0 radical (unpaired) electrons. The Morgan fingerprint density at radius 2 is 2.14 bits per heavy atom. The molecule has 0 amide bonds. The van der Waals surface area contributed by atoms with E-state index < -0.39 is 10.0 Å². The van der Waals surface area contributed by atoms with Gasteiger partial charge in [-0.05, 0) is 25.7 Å². The van der Waals surface area contributed by atoms with E-state index >= 15 is 0 Å². The zero-order valence-corrected chi connectivity index (χ0v) is 9.31. The molecule has 1 aliphatic carbocycles. The molecule has 0 aromatic heterocycles. The third kappa shape index (κ3) is 2.27. The third-order valence-electron chi connectivity index (χ3n) is 3.01. The van der Waals surface area contributed by atoms with Crippen LogP contribution in [0.25, 0.3) is 0 Å². The summed E-state index contributed by atoms with van der Waals surface area (Å²) in [5, 5.41) is 3.22. The fourth-order valence-corrected chi connectivity index (χ4v) is 3.52. The quantitative estimate of drug-likeness (QED) is 0.709. The second-order valence-corrected chi connectivity index (χ2v) is 6.30. The number of rotatable bonds is 4. The lowest BCUT2D eigenvalue weighted by Gasteiger charge is -2.11. The zero-order chi connectivity index (χ0) is 10.2. The minimum Gasteiger partial charge on any atom is -0.312 e. The van der Waals surface area contributed by atoms with Crippen molar-refractivity contribution in [3.05, 3.63) is 0 Å². The molecule has 1 saturated heterocycles. The lowest BCUT2D eigenvalue weighted by Crippen LogP contribution is -2.38. The molecular weight excluding hydrogens is 200 g/mol. The van der Waals surface area contributed by atoms with Crippen LogP contribution < -0.4 is 10.0 Å². The van der Waals surface area contributed by atoms with Crippen molar-refractivity contribution in [2.24, 2.45) is 0 Å². The van der Waals surface area contributed by atoms with Crippen LogP contribution in [0.2, 0.25) is 0 Å². The lowest BCUT2D eigenvalue weighted by molar-refractivity contribution is 0.548. The van der Waals surface area contributed by atoms with E-state index in [0.29, 0.717) is 6.04 Å². The maximum atomic E-state index is 11.6. The summed E-state index contributed by atoms with van der Waals surface area (Å²) in [6, 6.07) is 0.604. The van der Waals surface area contributed by atoms with Gasteiger partial charge in [-0.2, -0.15) is 0 Å². The van der Waals surface area contributed by atoms with E-state index in [1.54, 1.807) is 0 Å². The van der Waals surface area contributed by atoms with Crippen LogP contribution in [-0.4, -0.2) is 32.3 Å². The molecule has 1 aliphatic heterocycles. The summed E-state index contributed by atoms with van der Waals surface area (Å²) in [6.45, 7) is 2.90. The fraction of sp³-hybridized carbons (Fsp3) is 1.00. The maximum absolute atomic E-state index is 11.6. The lowest BCUT2D eigenvalue weighted by atomic mass is 10.1. The Balaban J connectivity index is 1.86. The second-order valence-electron chi connectivity index (χ2n) is 4.31. The Labute approximate surface area is 85.5 Å². The van der Waals surface area contributed by atoms with Gasteiger partial charge in [0.1, 0.15) is 0 Å². The van der Waals surface area contributed by atoms with E-state index in [-0.39, 0.29) is 11.3 Å². The van der Waals surface area contributed by atoms with Crippen LogP contribution in [0.15, 0.2) is 0 Å². The minimum absolute atomic E-state index is 0.0943. The van der Waals surface area contributed by atoms with Gasteiger partial charge < -0.3 is 5.32 Å². The molecule has 2 rings (SSSR count). The summed E-state index contributed by atoms with van der Waals surface area (Å²) >= 11 is 0. The predicted octanol–water partition coefficient (Wildman–Crippen LogP) is 0.209. The van der Waals surface area contributed by atoms with Gasteiger partial charge in [0.25, 0.3) is 0 Å². The SMILES string of the molecule is CCC1CC(NS(=O)(=O)C2CC2)CN1. The first-order chi connectivity index (χ1) is 6.62. The Morgan fingerprint density at radius 1 is 1.43 bits per heavy atom. The highest BCUT2D eigenvalue weighted by molar-refractivity contribution is 7.90. The first-order valence-electron chi connectivity index (χ1n) is 5.36. The average molecular weight is 218 g/mol.